The molecule has 2 unspecified atom stereocenters. The van der Waals surface area contributed by atoms with Crippen LogP contribution in [0.1, 0.15) is 35.9 Å². The van der Waals surface area contributed by atoms with Crippen molar-refractivity contribution in [2.24, 2.45) is 5.92 Å². The fourth-order valence-electron chi connectivity index (χ4n) is 2.66. The number of thioether (sulfide) groups is 1. The minimum atomic E-state index is -0.921. The third kappa shape index (κ3) is 2.22. The molecule has 5 nitrogen and oxygen atoms in total. The lowest BCUT2D eigenvalue weighted by atomic mass is 10.1. The predicted octanol–water partition coefficient (Wildman–Crippen LogP) is 2.22. The molecule has 3 rings (SSSR count). The number of carbonyl (C=O) groups is 2. The SMILES string of the molecule is CCc1occc1C(=O)N1C(C(=O)O)CSC1C1CC1. The lowest BCUT2D eigenvalue weighted by molar-refractivity contribution is -0.141. The maximum atomic E-state index is 12.7. The van der Waals surface area contributed by atoms with Gasteiger partial charge in [0, 0.05) is 12.2 Å². The Morgan fingerprint density at radius 1 is 1.50 bits per heavy atom. The first-order valence-corrected chi connectivity index (χ1v) is 7.91. The molecule has 2 fully saturated rings. The molecule has 2 aliphatic rings. The second-order valence-corrected chi connectivity index (χ2v) is 6.39. The number of rotatable bonds is 4. The van der Waals surface area contributed by atoms with Crippen LogP contribution in [0.3, 0.4) is 0 Å². The molecule has 1 aliphatic heterocycles. The van der Waals surface area contributed by atoms with Crippen molar-refractivity contribution >= 4 is 23.6 Å². The van der Waals surface area contributed by atoms with Crippen molar-refractivity contribution in [2.75, 3.05) is 5.75 Å². The Labute approximate surface area is 121 Å². The molecule has 108 valence electrons. The second-order valence-electron chi connectivity index (χ2n) is 5.24. The molecule has 6 heteroatoms. The highest BCUT2D eigenvalue weighted by molar-refractivity contribution is 8.00. The number of carbonyl (C=O) groups excluding carboxylic acids is 1. The van der Waals surface area contributed by atoms with Gasteiger partial charge in [-0.1, -0.05) is 6.92 Å². The van der Waals surface area contributed by atoms with Gasteiger partial charge in [0.1, 0.15) is 11.8 Å². The highest BCUT2D eigenvalue weighted by Crippen LogP contribution is 2.46. The lowest BCUT2D eigenvalue weighted by Gasteiger charge is -2.27. The lowest BCUT2D eigenvalue weighted by Crippen LogP contribution is -2.46. The minimum Gasteiger partial charge on any atom is -0.480 e. The van der Waals surface area contributed by atoms with Gasteiger partial charge in [0.25, 0.3) is 5.91 Å². The maximum Gasteiger partial charge on any atom is 0.327 e. The fourth-order valence-corrected chi connectivity index (χ4v) is 4.29. The monoisotopic (exact) mass is 295 g/mol. The summed E-state index contributed by atoms with van der Waals surface area (Å²) >= 11 is 1.59. The third-order valence-electron chi connectivity index (χ3n) is 3.88. The van der Waals surface area contributed by atoms with Crippen LogP contribution in [-0.4, -0.2) is 39.1 Å². The van der Waals surface area contributed by atoms with E-state index in [0.717, 1.165) is 12.8 Å². The Kier molecular flexibility index (Phi) is 3.50. The summed E-state index contributed by atoms with van der Waals surface area (Å²) in [5.74, 6) is 0.429. The minimum absolute atomic E-state index is 0.00297. The molecule has 1 aromatic heterocycles. The Hall–Kier alpha value is -1.43. The Balaban J connectivity index is 1.91. The van der Waals surface area contributed by atoms with E-state index in [1.165, 1.54) is 6.26 Å². The van der Waals surface area contributed by atoms with Gasteiger partial charge in [-0.05, 0) is 24.8 Å². The molecule has 0 radical (unpaired) electrons. The average molecular weight is 295 g/mol. The van der Waals surface area contributed by atoms with E-state index >= 15 is 0 Å². The molecule has 0 bridgehead atoms. The van der Waals surface area contributed by atoms with Gasteiger partial charge < -0.3 is 14.4 Å². The maximum absolute atomic E-state index is 12.7. The van der Waals surface area contributed by atoms with Crippen molar-refractivity contribution in [3.8, 4) is 0 Å². The smallest absolute Gasteiger partial charge is 0.327 e. The van der Waals surface area contributed by atoms with Crippen LogP contribution in [0, 0.1) is 5.92 Å². The topological polar surface area (TPSA) is 70.8 Å². The summed E-state index contributed by atoms with van der Waals surface area (Å²) in [7, 11) is 0. The average Bonchev–Trinajstić information content (AvgIpc) is 3.02. The molecule has 0 aromatic carbocycles. The summed E-state index contributed by atoms with van der Waals surface area (Å²) in [6.07, 6.45) is 4.29. The number of carboxylic acids is 1. The number of carboxylic acid groups (broad SMARTS) is 1. The van der Waals surface area contributed by atoms with Gasteiger partial charge in [0.15, 0.2) is 0 Å². The van der Waals surface area contributed by atoms with E-state index in [1.807, 2.05) is 6.92 Å². The number of furan rings is 1. The second kappa shape index (κ2) is 5.16. The van der Waals surface area contributed by atoms with Crippen LogP contribution in [0.2, 0.25) is 0 Å². The van der Waals surface area contributed by atoms with Crippen molar-refractivity contribution in [2.45, 2.75) is 37.6 Å². The van der Waals surface area contributed by atoms with Crippen molar-refractivity contribution < 1.29 is 19.1 Å². The molecule has 0 spiro atoms. The summed E-state index contributed by atoms with van der Waals surface area (Å²) in [5.41, 5.74) is 0.506. The summed E-state index contributed by atoms with van der Waals surface area (Å²) in [5, 5.41) is 9.35. The molecular weight excluding hydrogens is 278 g/mol. The first-order chi connectivity index (χ1) is 9.63. The number of nitrogens with zero attached hydrogens (tertiary/aromatic N) is 1. The third-order valence-corrected chi connectivity index (χ3v) is 5.34. The van der Waals surface area contributed by atoms with Crippen molar-refractivity contribution in [1.82, 2.24) is 4.90 Å². The van der Waals surface area contributed by atoms with Gasteiger partial charge in [-0.2, -0.15) is 0 Å². The van der Waals surface area contributed by atoms with Crippen LogP contribution in [0.5, 0.6) is 0 Å². The molecule has 1 N–H and O–H groups in total. The van der Waals surface area contributed by atoms with E-state index in [-0.39, 0.29) is 11.3 Å². The molecule has 1 saturated carbocycles. The predicted molar refractivity (Wildman–Crippen MR) is 74.6 cm³/mol. The summed E-state index contributed by atoms with van der Waals surface area (Å²) in [4.78, 5) is 25.7. The number of aryl methyl sites for hydroxylation is 1. The van der Waals surface area contributed by atoms with Gasteiger partial charge in [-0.25, -0.2) is 4.79 Å². The Morgan fingerprint density at radius 3 is 2.85 bits per heavy atom. The zero-order valence-electron chi connectivity index (χ0n) is 11.2. The van der Waals surface area contributed by atoms with E-state index < -0.39 is 12.0 Å². The van der Waals surface area contributed by atoms with E-state index in [2.05, 4.69) is 0 Å². The Morgan fingerprint density at radius 2 is 2.25 bits per heavy atom. The molecular formula is C14H17NO4S. The summed E-state index contributed by atoms with van der Waals surface area (Å²) in [6, 6.07) is 0.922. The molecule has 1 amide bonds. The first kappa shape index (κ1) is 13.5. The van der Waals surface area contributed by atoms with Crippen molar-refractivity contribution in [1.29, 1.82) is 0 Å². The van der Waals surface area contributed by atoms with E-state index in [9.17, 15) is 14.7 Å². The number of hydrogen-bond donors (Lipinski definition) is 1. The van der Waals surface area contributed by atoms with E-state index in [0.29, 0.717) is 29.4 Å². The van der Waals surface area contributed by atoms with E-state index in [1.54, 1.807) is 22.7 Å². The summed E-state index contributed by atoms with van der Waals surface area (Å²) in [6.45, 7) is 1.92. The fraction of sp³-hybridized carbons (Fsp3) is 0.571. The van der Waals surface area contributed by atoms with Gasteiger partial charge >= 0.3 is 5.97 Å². The van der Waals surface area contributed by atoms with Gasteiger partial charge in [-0.3, -0.25) is 4.79 Å². The van der Waals surface area contributed by atoms with Gasteiger partial charge in [0.2, 0.25) is 0 Å². The zero-order chi connectivity index (χ0) is 14.3. The number of hydrogen-bond acceptors (Lipinski definition) is 4. The molecule has 1 aliphatic carbocycles. The van der Waals surface area contributed by atoms with Crippen LogP contribution in [0.25, 0.3) is 0 Å². The highest BCUT2D eigenvalue weighted by atomic mass is 32.2. The van der Waals surface area contributed by atoms with E-state index in [4.69, 9.17) is 4.42 Å². The van der Waals surface area contributed by atoms with Crippen LogP contribution in [-0.2, 0) is 11.2 Å². The number of aliphatic carboxylic acids is 1. The number of amides is 1. The highest BCUT2D eigenvalue weighted by Gasteiger charge is 2.48. The zero-order valence-corrected chi connectivity index (χ0v) is 12.1. The first-order valence-electron chi connectivity index (χ1n) is 6.87. The molecule has 20 heavy (non-hydrogen) atoms. The molecule has 1 aromatic rings. The quantitative estimate of drug-likeness (QED) is 0.922. The van der Waals surface area contributed by atoms with Crippen LogP contribution < -0.4 is 0 Å². The molecule has 1 saturated heterocycles. The normalized spacial score (nSPS) is 25.9. The molecule has 2 atom stereocenters. The van der Waals surface area contributed by atoms with Crippen LogP contribution >= 0.6 is 11.8 Å². The molecule has 2 heterocycles. The van der Waals surface area contributed by atoms with Crippen LogP contribution in [0.15, 0.2) is 16.7 Å². The summed E-state index contributed by atoms with van der Waals surface area (Å²) < 4.78 is 5.30. The van der Waals surface area contributed by atoms with Crippen LogP contribution in [0.4, 0.5) is 0 Å². The van der Waals surface area contributed by atoms with Gasteiger partial charge in [-0.15, -0.1) is 11.8 Å². The van der Waals surface area contributed by atoms with Crippen molar-refractivity contribution in [3.63, 3.8) is 0 Å². The van der Waals surface area contributed by atoms with Gasteiger partial charge in [0.05, 0.1) is 17.2 Å². The Bertz CT molecular complexity index is 537. The standard InChI is InChI=1S/C14H17NO4S/c1-2-11-9(5-6-19-11)12(16)15-10(14(17)18)7-20-13(15)8-3-4-8/h5-6,8,10,13H,2-4,7H2,1H3,(H,17,18). The largest absolute Gasteiger partial charge is 0.480 e. The van der Waals surface area contributed by atoms with Crippen molar-refractivity contribution in [3.05, 3.63) is 23.7 Å².